The van der Waals surface area contributed by atoms with Gasteiger partial charge in [0.2, 0.25) is 5.91 Å². The van der Waals surface area contributed by atoms with E-state index in [2.05, 4.69) is 18.4 Å². The number of aliphatic hydroxyl groups is 1. The van der Waals surface area contributed by atoms with Crippen molar-refractivity contribution in [2.75, 3.05) is 20.1 Å². The fraction of sp³-hybridized carbons (Fsp3) is 0.452. The Kier molecular flexibility index (Phi) is 5.55. The molecule has 37 heavy (non-hydrogen) atoms. The second kappa shape index (κ2) is 8.47. The number of benzene rings is 2. The van der Waals surface area contributed by atoms with E-state index in [0.717, 1.165) is 35.3 Å². The predicted molar refractivity (Wildman–Crippen MR) is 144 cm³/mol. The highest BCUT2D eigenvalue weighted by Gasteiger charge is 2.74. The van der Waals surface area contributed by atoms with Gasteiger partial charge in [-0.3, -0.25) is 9.69 Å². The quantitative estimate of drug-likeness (QED) is 0.482. The zero-order valence-corrected chi connectivity index (χ0v) is 21.9. The molecule has 6 nitrogen and oxygen atoms in total. The second-order valence-corrected chi connectivity index (χ2v) is 11.5. The molecule has 1 saturated carbocycles. The molecule has 0 unspecified atom stereocenters. The Hall–Kier alpha value is -3.09. The summed E-state index contributed by atoms with van der Waals surface area (Å²) in [6.45, 7) is 9.61. The summed E-state index contributed by atoms with van der Waals surface area (Å²) in [5.74, 6) is 0.498. The summed E-state index contributed by atoms with van der Waals surface area (Å²) >= 11 is 0. The van der Waals surface area contributed by atoms with Gasteiger partial charge in [-0.15, -0.1) is 6.58 Å². The largest absolute Gasteiger partial charge is 0.504 e. The van der Waals surface area contributed by atoms with Gasteiger partial charge in [-0.1, -0.05) is 48.9 Å². The highest BCUT2D eigenvalue weighted by atomic mass is 16.5. The third kappa shape index (κ3) is 3.28. The molecule has 2 heterocycles. The summed E-state index contributed by atoms with van der Waals surface area (Å²) in [5, 5.41) is 23.5. The van der Waals surface area contributed by atoms with Crippen molar-refractivity contribution in [2.45, 2.75) is 62.3 Å². The molecule has 0 aromatic heterocycles. The minimum atomic E-state index is -1.03. The fourth-order valence-corrected chi connectivity index (χ4v) is 8.05. The maximum atomic E-state index is 13.5. The van der Waals surface area contributed by atoms with Crippen molar-refractivity contribution < 1.29 is 19.7 Å². The number of hydrogen-bond acceptors (Lipinski definition) is 5. The number of nitrogens with zero attached hydrogens (tertiary/aromatic N) is 2. The van der Waals surface area contributed by atoms with Crippen molar-refractivity contribution in [1.82, 2.24) is 9.80 Å². The van der Waals surface area contributed by atoms with E-state index in [1.54, 1.807) is 17.0 Å². The summed E-state index contributed by atoms with van der Waals surface area (Å²) in [5.41, 5.74) is 2.51. The number of carbonyl (C=O) groups is 1. The van der Waals surface area contributed by atoms with Gasteiger partial charge in [-0.2, -0.15) is 0 Å². The maximum Gasteiger partial charge on any atom is 0.246 e. The molecule has 2 N–H and O–H groups in total. The van der Waals surface area contributed by atoms with Crippen LogP contribution in [0.4, 0.5) is 0 Å². The normalized spacial score (nSPS) is 33.6. The number of carbonyl (C=O) groups excluding carboxylic acids is 1. The van der Waals surface area contributed by atoms with Crippen LogP contribution in [0, 0.1) is 12.8 Å². The van der Waals surface area contributed by atoms with E-state index >= 15 is 0 Å². The molecule has 2 aromatic rings. The first kappa shape index (κ1) is 24.3. The molecule has 194 valence electrons. The number of likely N-dealkylation sites (N-methyl/N-ethyl adjacent to an activating group) is 1. The minimum Gasteiger partial charge on any atom is -0.504 e. The van der Waals surface area contributed by atoms with Crippen LogP contribution >= 0.6 is 0 Å². The monoisotopic (exact) mass is 500 g/mol. The Morgan fingerprint density at radius 1 is 1.32 bits per heavy atom. The van der Waals surface area contributed by atoms with E-state index in [0.29, 0.717) is 25.0 Å². The van der Waals surface area contributed by atoms with Crippen LogP contribution < -0.4 is 4.74 Å². The molecule has 2 aliphatic heterocycles. The van der Waals surface area contributed by atoms with Crippen LogP contribution in [-0.2, 0) is 16.6 Å². The molecule has 2 fully saturated rings. The zero-order valence-electron chi connectivity index (χ0n) is 21.9. The Bertz CT molecular complexity index is 1300. The van der Waals surface area contributed by atoms with E-state index < -0.39 is 17.1 Å². The molecule has 0 radical (unpaired) electrons. The molecular formula is C31H36N2O4. The Labute approximate surface area is 218 Å². The average molecular weight is 501 g/mol. The molecule has 6 rings (SSSR count). The third-order valence-electron chi connectivity index (χ3n) is 9.52. The van der Waals surface area contributed by atoms with Crippen molar-refractivity contribution in [1.29, 1.82) is 0 Å². The van der Waals surface area contributed by atoms with Crippen molar-refractivity contribution >= 4 is 12.0 Å². The summed E-state index contributed by atoms with van der Waals surface area (Å²) in [7, 11) is 1.84. The summed E-state index contributed by atoms with van der Waals surface area (Å²) in [6, 6.07) is 11.4. The van der Waals surface area contributed by atoms with Gasteiger partial charge in [0.05, 0.1) is 17.1 Å². The van der Waals surface area contributed by atoms with Crippen LogP contribution in [0.3, 0.4) is 0 Å². The van der Waals surface area contributed by atoms with Crippen LogP contribution in [0.15, 0.2) is 55.1 Å². The molecule has 2 aliphatic carbocycles. The van der Waals surface area contributed by atoms with E-state index in [9.17, 15) is 15.0 Å². The number of phenolic OH excluding ortho intramolecular Hbond substituents is 1. The van der Waals surface area contributed by atoms with Gasteiger partial charge in [0.25, 0.3) is 0 Å². The summed E-state index contributed by atoms with van der Waals surface area (Å²) in [6.07, 6.45) is 6.90. The highest BCUT2D eigenvalue weighted by Crippen LogP contribution is 2.66. The highest BCUT2D eigenvalue weighted by molar-refractivity contribution is 5.92. The first-order chi connectivity index (χ1) is 17.7. The topological polar surface area (TPSA) is 73.2 Å². The van der Waals surface area contributed by atoms with Gasteiger partial charge in [-0.25, -0.2) is 0 Å². The van der Waals surface area contributed by atoms with Crippen molar-refractivity contribution in [3.8, 4) is 11.5 Å². The number of phenols is 1. The molecular weight excluding hydrogens is 464 g/mol. The molecule has 6 heteroatoms. The van der Waals surface area contributed by atoms with Crippen LogP contribution in [0.1, 0.15) is 42.0 Å². The lowest BCUT2D eigenvalue weighted by molar-refractivity contribution is -0.210. The maximum absolute atomic E-state index is 13.5. The number of aromatic hydroxyl groups is 1. The van der Waals surface area contributed by atoms with E-state index in [1.165, 1.54) is 0 Å². The molecule has 1 saturated heterocycles. The van der Waals surface area contributed by atoms with Gasteiger partial charge in [0, 0.05) is 31.3 Å². The Balaban J connectivity index is 1.41. The molecule has 2 bridgehead atoms. The Morgan fingerprint density at radius 3 is 2.89 bits per heavy atom. The Morgan fingerprint density at radius 2 is 2.14 bits per heavy atom. The lowest BCUT2D eigenvalue weighted by Gasteiger charge is -2.65. The molecule has 4 aliphatic rings. The first-order valence-corrected chi connectivity index (χ1v) is 13.3. The predicted octanol–water partition coefficient (Wildman–Crippen LogP) is 3.83. The number of likely N-dealkylation sites (tertiary alicyclic amines) is 1. The number of piperidine rings is 1. The lowest BCUT2D eigenvalue weighted by atomic mass is 9.46. The number of ether oxygens (including phenoxy) is 1. The smallest absolute Gasteiger partial charge is 0.246 e. The number of hydrogen-bond donors (Lipinski definition) is 2. The van der Waals surface area contributed by atoms with E-state index in [-0.39, 0.29) is 29.7 Å². The minimum absolute atomic E-state index is 0.00590. The summed E-state index contributed by atoms with van der Waals surface area (Å²) < 4.78 is 6.64. The van der Waals surface area contributed by atoms with Crippen LogP contribution in [0.2, 0.25) is 0 Å². The van der Waals surface area contributed by atoms with Gasteiger partial charge in [0.1, 0.15) is 6.10 Å². The number of amides is 1. The SMILES string of the molecule is C=CCN1CC[C@]23c4c5ccc(O)c4O[C@H]2[C@H](N(C)C(=O)C=Cc2cccc(C)c2)[C@@H](C)C[C@@]3(O)[C@H]1C5. The fourth-order valence-electron chi connectivity index (χ4n) is 8.05. The van der Waals surface area contributed by atoms with Gasteiger partial charge >= 0.3 is 0 Å². The van der Waals surface area contributed by atoms with Gasteiger partial charge in [-0.05, 0) is 61.9 Å². The molecule has 2 aromatic carbocycles. The lowest BCUT2D eigenvalue weighted by Crippen LogP contribution is -2.79. The van der Waals surface area contributed by atoms with Gasteiger partial charge in [0.15, 0.2) is 11.5 Å². The van der Waals surface area contributed by atoms with Crippen LogP contribution in [0.25, 0.3) is 6.08 Å². The third-order valence-corrected chi connectivity index (χ3v) is 9.52. The second-order valence-electron chi connectivity index (χ2n) is 11.5. The van der Waals surface area contributed by atoms with Crippen LogP contribution in [-0.4, -0.2) is 69.8 Å². The van der Waals surface area contributed by atoms with Crippen LogP contribution in [0.5, 0.6) is 11.5 Å². The summed E-state index contributed by atoms with van der Waals surface area (Å²) in [4.78, 5) is 17.6. The molecule has 6 atom stereocenters. The zero-order chi connectivity index (χ0) is 26.1. The number of rotatable bonds is 5. The average Bonchev–Trinajstić information content (AvgIpc) is 3.20. The first-order valence-electron chi connectivity index (χ1n) is 13.3. The van der Waals surface area contributed by atoms with E-state index in [1.807, 2.05) is 56.5 Å². The standard InChI is InChI=1S/C31H36N2O4/c1-5-14-33-15-13-30-26-22-10-11-23(34)28(26)37-29(30)27(20(3)18-31(30,36)24(33)17-22)32(4)25(35)12-9-21-8-6-7-19(2)16-21/h5-12,16,20,24,27,29,34,36H,1,13-15,17-18H2,2-4H3/t20-,24+,27+,29-,30-,31+/m0/s1. The van der Waals surface area contributed by atoms with Gasteiger partial charge < -0.3 is 19.8 Å². The van der Waals surface area contributed by atoms with Crippen molar-refractivity contribution in [2.24, 2.45) is 5.92 Å². The van der Waals surface area contributed by atoms with Crippen molar-refractivity contribution in [3.05, 3.63) is 77.4 Å². The molecule has 1 spiro atoms. The molecule has 1 amide bonds. The number of aryl methyl sites for hydroxylation is 1. The van der Waals surface area contributed by atoms with Crippen molar-refractivity contribution in [3.63, 3.8) is 0 Å². The van der Waals surface area contributed by atoms with E-state index in [4.69, 9.17) is 4.74 Å².